The summed E-state index contributed by atoms with van der Waals surface area (Å²) in [7, 11) is 0. The maximum absolute atomic E-state index is 11.2. The van der Waals surface area contributed by atoms with Crippen LogP contribution in [0.5, 0.6) is 0 Å². The smallest absolute Gasteiger partial charge is 0.137 e. The van der Waals surface area contributed by atoms with Crippen molar-refractivity contribution in [2.45, 2.75) is 26.2 Å². The first-order valence-corrected chi connectivity index (χ1v) is 4.36. The number of benzene rings is 1. The largest absolute Gasteiger partial charge is 0.299 e. The van der Waals surface area contributed by atoms with E-state index in [4.69, 9.17) is 0 Å². The molecule has 0 saturated carbocycles. The number of Topliss-reactive ketones (excluding diaryl/α,β-unsaturated/α-hetero) is 1. The Hall–Kier alpha value is -1.11. The average Bonchev–Trinajstić information content (AvgIpc) is 2.07. The summed E-state index contributed by atoms with van der Waals surface area (Å²) in [4.78, 5) is 11.2. The van der Waals surface area contributed by atoms with E-state index in [0.29, 0.717) is 12.2 Å². The predicted molar refractivity (Wildman–Crippen MR) is 48.2 cm³/mol. The second kappa shape index (κ2) is 2.74. The monoisotopic (exact) mass is 160 g/mol. The summed E-state index contributed by atoms with van der Waals surface area (Å²) >= 11 is 0. The summed E-state index contributed by atoms with van der Waals surface area (Å²) in [5.74, 6) is 0.386. The molecule has 0 radical (unpaired) electrons. The highest BCUT2D eigenvalue weighted by Gasteiger charge is 2.15. The van der Waals surface area contributed by atoms with Crippen LogP contribution >= 0.6 is 0 Å². The number of aryl methyl sites for hydroxylation is 2. The Kier molecular flexibility index (Phi) is 1.72. The van der Waals surface area contributed by atoms with E-state index in [1.54, 1.807) is 0 Å². The lowest BCUT2D eigenvalue weighted by Crippen LogP contribution is -2.14. The van der Waals surface area contributed by atoms with Crippen LogP contribution in [0.15, 0.2) is 18.2 Å². The maximum Gasteiger partial charge on any atom is 0.137 e. The second-order valence-electron chi connectivity index (χ2n) is 3.43. The fourth-order valence-corrected chi connectivity index (χ4v) is 1.81. The van der Waals surface area contributed by atoms with E-state index in [0.717, 1.165) is 12.8 Å². The molecule has 1 aromatic carbocycles. The molecule has 0 unspecified atom stereocenters. The molecule has 0 heterocycles. The van der Waals surface area contributed by atoms with Crippen molar-refractivity contribution >= 4 is 5.78 Å². The molecule has 0 aromatic heterocycles. The quantitative estimate of drug-likeness (QED) is 0.567. The predicted octanol–water partition coefficient (Wildman–Crippen LogP) is 2.05. The molecule has 0 N–H and O–H groups in total. The summed E-state index contributed by atoms with van der Waals surface area (Å²) < 4.78 is 0. The van der Waals surface area contributed by atoms with E-state index in [9.17, 15) is 4.79 Å². The summed E-state index contributed by atoms with van der Waals surface area (Å²) in [6, 6.07) is 6.29. The molecule has 1 aromatic rings. The van der Waals surface area contributed by atoms with Crippen molar-refractivity contribution in [3.8, 4) is 0 Å². The van der Waals surface area contributed by atoms with Crippen LogP contribution < -0.4 is 0 Å². The van der Waals surface area contributed by atoms with Crippen LogP contribution in [-0.4, -0.2) is 5.78 Å². The van der Waals surface area contributed by atoms with Gasteiger partial charge in [0.2, 0.25) is 0 Å². The first-order chi connectivity index (χ1) is 5.77. The highest BCUT2D eigenvalue weighted by Crippen LogP contribution is 2.21. The van der Waals surface area contributed by atoms with Crippen LogP contribution in [0.3, 0.4) is 0 Å². The van der Waals surface area contributed by atoms with Crippen molar-refractivity contribution in [1.82, 2.24) is 0 Å². The number of ketones is 1. The highest BCUT2D eigenvalue weighted by atomic mass is 16.1. The van der Waals surface area contributed by atoms with E-state index in [1.807, 2.05) is 0 Å². The van der Waals surface area contributed by atoms with Crippen molar-refractivity contribution in [2.75, 3.05) is 0 Å². The van der Waals surface area contributed by atoms with Crippen LogP contribution in [0.2, 0.25) is 0 Å². The number of hydrogen-bond acceptors (Lipinski definition) is 1. The molecular weight excluding hydrogens is 148 g/mol. The van der Waals surface area contributed by atoms with Crippen molar-refractivity contribution in [3.05, 3.63) is 34.9 Å². The second-order valence-corrected chi connectivity index (χ2v) is 3.43. The molecule has 1 aliphatic carbocycles. The van der Waals surface area contributed by atoms with Gasteiger partial charge in [0.1, 0.15) is 5.78 Å². The number of carbonyl (C=O) groups is 1. The van der Waals surface area contributed by atoms with Crippen LogP contribution in [0, 0.1) is 6.92 Å². The Morgan fingerprint density at radius 3 is 2.92 bits per heavy atom. The third kappa shape index (κ3) is 1.15. The van der Waals surface area contributed by atoms with Gasteiger partial charge in [0.05, 0.1) is 0 Å². The fraction of sp³-hybridized carbons (Fsp3) is 0.364. The van der Waals surface area contributed by atoms with Gasteiger partial charge < -0.3 is 0 Å². The molecule has 1 aliphatic rings. The maximum atomic E-state index is 11.2. The Balaban J connectivity index is 2.50. The van der Waals surface area contributed by atoms with Gasteiger partial charge in [0, 0.05) is 12.8 Å². The standard InChI is InChI=1S/C11H12O/c1-8-3-2-4-9-5-6-10(12)7-11(8)9/h2-4H,5-7H2,1H3. The van der Waals surface area contributed by atoms with Crippen molar-refractivity contribution < 1.29 is 4.79 Å². The molecule has 0 amide bonds. The zero-order valence-corrected chi connectivity index (χ0v) is 7.26. The Bertz CT molecular complexity index is 326. The lowest BCUT2D eigenvalue weighted by atomic mass is 9.88. The van der Waals surface area contributed by atoms with Gasteiger partial charge in [-0.2, -0.15) is 0 Å². The molecule has 0 spiro atoms. The van der Waals surface area contributed by atoms with Crippen molar-refractivity contribution in [2.24, 2.45) is 0 Å². The van der Waals surface area contributed by atoms with Gasteiger partial charge >= 0.3 is 0 Å². The summed E-state index contributed by atoms with van der Waals surface area (Å²) in [6.07, 6.45) is 2.33. The van der Waals surface area contributed by atoms with Crippen molar-refractivity contribution in [3.63, 3.8) is 0 Å². The topological polar surface area (TPSA) is 17.1 Å². The zero-order chi connectivity index (χ0) is 8.55. The van der Waals surface area contributed by atoms with Crippen LogP contribution in [0.1, 0.15) is 23.1 Å². The summed E-state index contributed by atoms with van der Waals surface area (Å²) in [5, 5.41) is 0. The normalized spacial score (nSPS) is 15.9. The summed E-state index contributed by atoms with van der Waals surface area (Å²) in [6.45, 7) is 2.08. The minimum atomic E-state index is 0.386. The van der Waals surface area contributed by atoms with E-state index >= 15 is 0 Å². The Morgan fingerprint density at radius 2 is 2.08 bits per heavy atom. The molecule has 0 bridgehead atoms. The lowest BCUT2D eigenvalue weighted by Gasteiger charge is -2.16. The minimum Gasteiger partial charge on any atom is -0.299 e. The Morgan fingerprint density at radius 1 is 1.25 bits per heavy atom. The molecular formula is C11H12O. The van der Waals surface area contributed by atoms with Gasteiger partial charge in [-0.25, -0.2) is 0 Å². The SMILES string of the molecule is Cc1cccc2c1CC(=O)CC2. The molecule has 1 heteroatoms. The first kappa shape index (κ1) is 7.53. The molecule has 2 rings (SSSR count). The van der Waals surface area contributed by atoms with Gasteiger partial charge in [-0.05, 0) is 30.0 Å². The third-order valence-corrected chi connectivity index (χ3v) is 2.55. The average molecular weight is 160 g/mol. The van der Waals surface area contributed by atoms with E-state index < -0.39 is 0 Å². The van der Waals surface area contributed by atoms with E-state index in [2.05, 4.69) is 25.1 Å². The highest BCUT2D eigenvalue weighted by molar-refractivity contribution is 5.83. The molecule has 0 aliphatic heterocycles. The number of hydrogen-bond donors (Lipinski definition) is 0. The molecule has 62 valence electrons. The molecule has 0 atom stereocenters. The van der Waals surface area contributed by atoms with E-state index in [-0.39, 0.29) is 0 Å². The fourth-order valence-electron chi connectivity index (χ4n) is 1.81. The van der Waals surface area contributed by atoms with Gasteiger partial charge in [-0.1, -0.05) is 18.2 Å². The van der Waals surface area contributed by atoms with Gasteiger partial charge in [-0.15, -0.1) is 0 Å². The summed E-state index contributed by atoms with van der Waals surface area (Å²) in [5.41, 5.74) is 3.91. The van der Waals surface area contributed by atoms with Crippen LogP contribution in [0.25, 0.3) is 0 Å². The number of carbonyl (C=O) groups excluding carboxylic acids is 1. The van der Waals surface area contributed by atoms with Crippen molar-refractivity contribution in [1.29, 1.82) is 0 Å². The molecule has 0 fully saturated rings. The van der Waals surface area contributed by atoms with Gasteiger partial charge in [0.25, 0.3) is 0 Å². The molecule has 1 nitrogen and oxygen atoms in total. The molecule has 0 saturated heterocycles. The van der Waals surface area contributed by atoms with Gasteiger partial charge in [0.15, 0.2) is 0 Å². The molecule has 12 heavy (non-hydrogen) atoms. The van der Waals surface area contributed by atoms with E-state index in [1.165, 1.54) is 16.7 Å². The van der Waals surface area contributed by atoms with Crippen LogP contribution in [0.4, 0.5) is 0 Å². The number of rotatable bonds is 0. The number of fused-ring (bicyclic) bond motifs is 1. The van der Waals surface area contributed by atoms with Gasteiger partial charge in [-0.3, -0.25) is 4.79 Å². The van der Waals surface area contributed by atoms with Crippen LogP contribution in [-0.2, 0) is 17.6 Å². The minimum absolute atomic E-state index is 0.386. The lowest BCUT2D eigenvalue weighted by molar-refractivity contribution is -0.118. The third-order valence-electron chi connectivity index (χ3n) is 2.55. The Labute approximate surface area is 72.4 Å². The zero-order valence-electron chi connectivity index (χ0n) is 7.26. The first-order valence-electron chi connectivity index (χ1n) is 4.36.